The van der Waals surface area contributed by atoms with Gasteiger partial charge in [0.2, 0.25) is 0 Å². The van der Waals surface area contributed by atoms with E-state index in [2.05, 4.69) is 34.2 Å². The lowest BCUT2D eigenvalue weighted by atomic mass is 10.1. The van der Waals surface area contributed by atoms with Crippen LogP contribution in [0.1, 0.15) is 30.1 Å². The highest BCUT2D eigenvalue weighted by Gasteiger charge is 2.35. The van der Waals surface area contributed by atoms with E-state index in [4.69, 9.17) is 0 Å². The van der Waals surface area contributed by atoms with Gasteiger partial charge in [-0.15, -0.1) is 0 Å². The Labute approximate surface area is 146 Å². The van der Waals surface area contributed by atoms with Gasteiger partial charge in [-0.25, -0.2) is 9.07 Å². The lowest BCUT2D eigenvalue weighted by molar-refractivity contribution is 0.208. The van der Waals surface area contributed by atoms with Gasteiger partial charge in [0.05, 0.1) is 23.6 Å². The normalized spacial score (nSPS) is 15.5. The van der Waals surface area contributed by atoms with E-state index in [1.807, 2.05) is 24.7 Å². The van der Waals surface area contributed by atoms with Crippen molar-refractivity contribution in [2.75, 3.05) is 7.05 Å². The van der Waals surface area contributed by atoms with E-state index in [1.54, 1.807) is 16.8 Å². The van der Waals surface area contributed by atoms with Gasteiger partial charge in [0.25, 0.3) is 0 Å². The van der Waals surface area contributed by atoms with Gasteiger partial charge in [-0.2, -0.15) is 5.10 Å². The molecule has 1 unspecified atom stereocenters. The molecular formula is C20H21FN4. The molecule has 1 saturated carbocycles. The minimum absolute atomic E-state index is 0.238. The van der Waals surface area contributed by atoms with Crippen LogP contribution in [0, 0.1) is 11.7 Å². The summed E-state index contributed by atoms with van der Waals surface area (Å²) in [6, 6.07) is 12.8. The van der Waals surface area contributed by atoms with Crippen molar-refractivity contribution in [2.45, 2.75) is 25.4 Å². The van der Waals surface area contributed by atoms with Crippen molar-refractivity contribution in [3.8, 4) is 5.69 Å². The molecule has 3 aromatic rings. The van der Waals surface area contributed by atoms with E-state index in [0.29, 0.717) is 12.0 Å². The first kappa shape index (κ1) is 16.0. The van der Waals surface area contributed by atoms with E-state index < -0.39 is 0 Å². The van der Waals surface area contributed by atoms with Crippen molar-refractivity contribution in [1.82, 2.24) is 19.7 Å². The second-order valence-corrected chi connectivity index (χ2v) is 6.72. The van der Waals surface area contributed by atoms with Gasteiger partial charge in [0.1, 0.15) is 5.82 Å². The molecule has 1 fully saturated rings. The first-order valence-corrected chi connectivity index (χ1v) is 8.61. The number of nitrogens with zero attached hydrogens (tertiary/aromatic N) is 4. The lowest BCUT2D eigenvalue weighted by Crippen LogP contribution is -2.26. The lowest BCUT2D eigenvalue weighted by Gasteiger charge is -2.27. The maximum absolute atomic E-state index is 13.1. The van der Waals surface area contributed by atoms with Crippen LogP contribution >= 0.6 is 0 Å². The maximum atomic E-state index is 13.1. The third kappa shape index (κ3) is 3.61. The number of pyridine rings is 1. The minimum Gasteiger partial charge on any atom is -0.293 e. The molecule has 25 heavy (non-hydrogen) atoms. The second-order valence-electron chi connectivity index (χ2n) is 6.72. The molecule has 4 nitrogen and oxygen atoms in total. The standard InChI is InChI=1S/C20H21FN4/c1-24(20(16-5-6-16)19-4-2-3-11-22-19)13-15-12-23-25(14-15)18-9-7-17(21)8-10-18/h2-4,7-12,14,16,20H,5-6,13H2,1H3. The fourth-order valence-electron chi connectivity index (χ4n) is 3.35. The third-order valence-electron chi connectivity index (χ3n) is 4.69. The highest BCUT2D eigenvalue weighted by Crippen LogP contribution is 2.43. The molecule has 0 amide bonds. The summed E-state index contributed by atoms with van der Waals surface area (Å²) >= 11 is 0. The Hall–Kier alpha value is -2.53. The Kier molecular flexibility index (Phi) is 4.32. The Morgan fingerprint density at radius 1 is 1.20 bits per heavy atom. The van der Waals surface area contributed by atoms with Crippen LogP contribution in [0.2, 0.25) is 0 Å². The highest BCUT2D eigenvalue weighted by molar-refractivity contribution is 5.31. The first-order valence-electron chi connectivity index (χ1n) is 8.61. The Morgan fingerprint density at radius 3 is 2.68 bits per heavy atom. The monoisotopic (exact) mass is 336 g/mol. The van der Waals surface area contributed by atoms with E-state index in [9.17, 15) is 4.39 Å². The third-order valence-corrected chi connectivity index (χ3v) is 4.69. The molecule has 5 heteroatoms. The molecule has 0 aliphatic heterocycles. The zero-order chi connectivity index (χ0) is 17.2. The molecule has 4 rings (SSSR count). The van der Waals surface area contributed by atoms with E-state index in [1.165, 1.54) is 25.0 Å². The molecule has 2 heterocycles. The fraction of sp³-hybridized carbons (Fsp3) is 0.300. The number of rotatable bonds is 6. The van der Waals surface area contributed by atoms with Crippen molar-refractivity contribution in [3.05, 3.63) is 78.1 Å². The Morgan fingerprint density at radius 2 is 2.00 bits per heavy atom. The molecule has 1 aromatic carbocycles. The van der Waals surface area contributed by atoms with E-state index >= 15 is 0 Å². The van der Waals surface area contributed by atoms with Crippen LogP contribution in [0.5, 0.6) is 0 Å². The van der Waals surface area contributed by atoms with Crippen LogP contribution in [-0.4, -0.2) is 26.7 Å². The molecule has 0 saturated heterocycles. The van der Waals surface area contributed by atoms with Gasteiger partial charge < -0.3 is 0 Å². The number of benzene rings is 1. The van der Waals surface area contributed by atoms with Gasteiger partial charge in [-0.1, -0.05) is 6.07 Å². The summed E-state index contributed by atoms with van der Waals surface area (Å²) in [6.07, 6.45) is 8.28. The molecule has 1 atom stereocenters. The van der Waals surface area contributed by atoms with Crippen LogP contribution in [0.3, 0.4) is 0 Å². The van der Waals surface area contributed by atoms with Crippen molar-refractivity contribution in [3.63, 3.8) is 0 Å². The topological polar surface area (TPSA) is 34.0 Å². The van der Waals surface area contributed by atoms with Crippen LogP contribution in [0.25, 0.3) is 5.69 Å². The smallest absolute Gasteiger partial charge is 0.123 e. The number of hydrogen-bond donors (Lipinski definition) is 0. The molecule has 1 aliphatic carbocycles. The average molecular weight is 336 g/mol. The summed E-state index contributed by atoms with van der Waals surface area (Å²) in [7, 11) is 2.15. The predicted molar refractivity (Wildman–Crippen MR) is 94.7 cm³/mol. The van der Waals surface area contributed by atoms with Crippen LogP contribution in [-0.2, 0) is 6.54 Å². The Balaban J connectivity index is 1.50. The molecule has 0 N–H and O–H groups in total. The summed E-state index contributed by atoms with van der Waals surface area (Å²) in [5, 5.41) is 4.41. The van der Waals surface area contributed by atoms with Gasteiger partial charge in [0, 0.05) is 24.5 Å². The minimum atomic E-state index is -0.238. The molecule has 128 valence electrons. The SMILES string of the molecule is CN(Cc1cnn(-c2ccc(F)cc2)c1)C(c1ccccn1)C1CC1. The van der Waals surface area contributed by atoms with Crippen molar-refractivity contribution < 1.29 is 4.39 Å². The number of aromatic nitrogens is 3. The van der Waals surface area contributed by atoms with Gasteiger partial charge >= 0.3 is 0 Å². The second kappa shape index (κ2) is 6.76. The van der Waals surface area contributed by atoms with Crippen LogP contribution in [0.4, 0.5) is 4.39 Å². The first-order chi connectivity index (χ1) is 12.2. The van der Waals surface area contributed by atoms with Crippen LogP contribution in [0.15, 0.2) is 61.1 Å². The largest absolute Gasteiger partial charge is 0.293 e. The summed E-state index contributed by atoms with van der Waals surface area (Å²) < 4.78 is 14.9. The maximum Gasteiger partial charge on any atom is 0.123 e. The molecule has 2 aromatic heterocycles. The average Bonchev–Trinajstić information content (AvgIpc) is 3.34. The van der Waals surface area contributed by atoms with Crippen molar-refractivity contribution in [1.29, 1.82) is 0 Å². The zero-order valence-corrected chi connectivity index (χ0v) is 14.2. The van der Waals surface area contributed by atoms with Crippen molar-refractivity contribution >= 4 is 0 Å². The van der Waals surface area contributed by atoms with Gasteiger partial charge in [-0.05, 0) is 62.2 Å². The van der Waals surface area contributed by atoms with Gasteiger partial charge in [-0.3, -0.25) is 9.88 Å². The summed E-state index contributed by atoms with van der Waals surface area (Å²) in [5.41, 5.74) is 3.13. The highest BCUT2D eigenvalue weighted by atomic mass is 19.1. The molecular weight excluding hydrogens is 315 g/mol. The number of halogens is 1. The summed E-state index contributed by atoms with van der Waals surface area (Å²) in [4.78, 5) is 6.92. The molecule has 0 spiro atoms. The number of hydrogen-bond acceptors (Lipinski definition) is 3. The van der Waals surface area contributed by atoms with E-state index in [0.717, 1.165) is 23.5 Å². The van der Waals surface area contributed by atoms with Crippen molar-refractivity contribution in [2.24, 2.45) is 5.92 Å². The molecule has 1 aliphatic rings. The Bertz CT molecular complexity index is 824. The van der Waals surface area contributed by atoms with Crippen LogP contribution < -0.4 is 0 Å². The zero-order valence-electron chi connectivity index (χ0n) is 14.2. The molecule has 0 radical (unpaired) electrons. The fourth-order valence-corrected chi connectivity index (χ4v) is 3.35. The predicted octanol–water partition coefficient (Wildman–Crippen LogP) is 3.99. The summed E-state index contributed by atoms with van der Waals surface area (Å²) in [6.45, 7) is 0.804. The van der Waals surface area contributed by atoms with E-state index in [-0.39, 0.29) is 5.82 Å². The quantitative estimate of drug-likeness (QED) is 0.682. The van der Waals surface area contributed by atoms with Gasteiger partial charge in [0.15, 0.2) is 0 Å². The molecule has 0 bridgehead atoms. The summed E-state index contributed by atoms with van der Waals surface area (Å²) in [5.74, 6) is 0.450.